The number of hydrogen-bond acceptors (Lipinski definition) is 5. The number of ether oxygens (including phenoxy) is 1. The molecule has 33 heavy (non-hydrogen) atoms. The molecule has 0 atom stereocenters. The van der Waals surface area contributed by atoms with Gasteiger partial charge < -0.3 is 9.64 Å². The molecule has 1 aromatic heterocycles. The lowest BCUT2D eigenvalue weighted by molar-refractivity contribution is 0.0763. The van der Waals surface area contributed by atoms with Gasteiger partial charge in [-0.3, -0.25) is 9.78 Å². The van der Waals surface area contributed by atoms with E-state index in [1.54, 1.807) is 41.6 Å². The van der Waals surface area contributed by atoms with Gasteiger partial charge in [0.05, 0.1) is 4.90 Å². The van der Waals surface area contributed by atoms with Crippen molar-refractivity contribution in [2.24, 2.45) is 0 Å². The van der Waals surface area contributed by atoms with E-state index in [-0.39, 0.29) is 30.4 Å². The lowest BCUT2D eigenvalue weighted by Crippen LogP contribution is -2.37. The zero-order valence-corrected chi connectivity index (χ0v) is 18.7. The Bertz CT molecular complexity index is 1200. The maximum Gasteiger partial charge on any atom is 0.254 e. The molecule has 0 saturated carbocycles. The summed E-state index contributed by atoms with van der Waals surface area (Å²) in [6.07, 6.45) is 3.91. The van der Waals surface area contributed by atoms with Gasteiger partial charge in [0.1, 0.15) is 18.2 Å². The number of amides is 1. The van der Waals surface area contributed by atoms with E-state index in [9.17, 15) is 17.6 Å². The number of sulfonamides is 1. The Morgan fingerprint density at radius 2 is 1.82 bits per heavy atom. The van der Waals surface area contributed by atoms with Crippen LogP contribution < -0.4 is 4.74 Å². The highest BCUT2D eigenvalue weighted by Gasteiger charge is 2.28. The van der Waals surface area contributed by atoms with E-state index in [1.165, 1.54) is 16.4 Å². The third-order valence-corrected chi connectivity index (χ3v) is 7.32. The number of pyridine rings is 1. The van der Waals surface area contributed by atoms with Gasteiger partial charge >= 0.3 is 0 Å². The maximum absolute atomic E-state index is 13.2. The number of halogens is 1. The molecule has 4 rings (SSSR count). The van der Waals surface area contributed by atoms with Crippen LogP contribution in [0.5, 0.6) is 5.75 Å². The van der Waals surface area contributed by atoms with Gasteiger partial charge in [-0.25, -0.2) is 12.8 Å². The van der Waals surface area contributed by atoms with Gasteiger partial charge in [0, 0.05) is 49.7 Å². The minimum Gasteiger partial charge on any atom is -0.489 e. The van der Waals surface area contributed by atoms with Gasteiger partial charge in [-0.1, -0.05) is 12.1 Å². The quantitative estimate of drug-likeness (QED) is 0.553. The van der Waals surface area contributed by atoms with Crippen LogP contribution in [0.3, 0.4) is 0 Å². The summed E-state index contributed by atoms with van der Waals surface area (Å²) in [5, 5.41) is 0. The molecule has 0 radical (unpaired) electrons. The molecule has 1 amide bonds. The summed E-state index contributed by atoms with van der Waals surface area (Å²) in [5.74, 6) is -0.101. The van der Waals surface area contributed by atoms with E-state index in [0.717, 1.165) is 17.7 Å². The summed E-state index contributed by atoms with van der Waals surface area (Å²) < 4.78 is 46.1. The Morgan fingerprint density at radius 3 is 2.58 bits per heavy atom. The van der Waals surface area contributed by atoms with Crippen molar-refractivity contribution in [2.75, 3.05) is 26.2 Å². The molecule has 9 heteroatoms. The number of benzene rings is 2. The fourth-order valence-corrected chi connectivity index (χ4v) is 5.11. The summed E-state index contributed by atoms with van der Waals surface area (Å²) in [6.45, 7) is 1.50. The predicted molar refractivity (Wildman–Crippen MR) is 121 cm³/mol. The molecule has 1 aliphatic heterocycles. The van der Waals surface area contributed by atoms with Gasteiger partial charge in [0.15, 0.2) is 0 Å². The molecular formula is C24H24FN3O4S. The standard InChI is InChI=1S/C24H24FN3O4S/c25-21-7-9-23(10-8-21)33(30,31)28-13-3-12-27(14-15-28)24(29)20-5-1-6-22(16-20)32-18-19-4-2-11-26-17-19/h1-2,4-11,16-17H,3,12-15,18H2. The third kappa shape index (κ3) is 5.55. The molecular weight excluding hydrogens is 445 g/mol. The van der Waals surface area contributed by atoms with Crippen LogP contribution >= 0.6 is 0 Å². The summed E-state index contributed by atoms with van der Waals surface area (Å²) in [5.41, 5.74) is 1.40. The first kappa shape index (κ1) is 22.9. The predicted octanol–water partition coefficient (Wildman–Crippen LogP) is 3.34. The number of nitrogens with zero attached hydrogens (tertiary/aromatic N) is 3. The second-order valence-electron chi connectivity index (χ2n) is 7.68. The van der Waals surface area contributed by atoms with Crippen molar-refractivity contribution >= 4 is 15.9 Å². The van der Waals surface area contributed by atoms with Gasteiger partial charge in [-0.2, -0.15) is 4.31 Å². The topological polar surface area (TPSA) is 79.8 Å². The minimum absolute atomic E-state index is 0.0437. The molecule has 1 fully saturated rings. The molecule has 7 nitrogen and oxygen atoms in total. The maximum atomic E-state index is 13.2. The highest BCUT2D eigenvalue weighted by molar-refractivity contribution is 7.89. The van der Waals surface area contributed by atoms with E-state index in [1.807, 2.05) is 12.1 Å². The normalized spacial score (nSPS) is 15.1. The summed E-state index contributed by atoms with van der Waals surface area (Å²) in [7, 11) is -3.75. The van der Waals surface area contributed by atoms with Gasteiger partial charge in [0.2, 0.25) is 10.0 Å². The minimum atomic E-state index is -3.75. The Hall–Kier alpha value is -3.30. The first-order valence-corrected chi connectivity index (χ1v) is 12.0. The molecule has 0 aliphatic carbocycles. The number of hydrogen-bond donors (Lipinski definition) is 0. The van der Waals surface area contributed by atoms with Crippen molar-refractivity contribution in [1.82, 2.24) is 14.2 Å². The smallest absolute Gasteiger partial charge is 0.254 e. The van der Waals surface area contributed by atoms with E-state index < -0.39 is 15.8 Å². The molecule has 3 aromatic rings. The van der Waals surface area contributed by atoms with Crippen molar-refractivity contribution in [3.05, 3.63) is 90.0 Å². The molecule has 172 valence electrons. The zero-order chi connectivity index (χ0) is 23.3. The molecule has 0 N–H and O–H groups in total. The number of carbonyl (C=O) groups excluding carboxylic acids is 1. The Balaban J connectivity index is 1.41. The monoisotopic (exact) mass is 469 g/mol. The van der Waals surface area contributed by atoms with Crippen LogP contribution in [0.2, 0.25) is 0 Å². The van der Waals surface area contributed by atoms with E-state index >= 15 is 0 Å². The highest BCUT2D eigenvalue weighted by Crippen LogP contribution is 2.20. The largest absolute Gasteiger partial charge is 0.489 e. The lowest BCUT2D eigenvalue weighted by Gasteiger charge is -2.22. The van der Waals surface area contributed by atoms with Crippen LogP contribution in [-0.2, 0) is 16.6 Å². The average Bonchev–Trinajstić information content (AvgIpc) is 3.10. The van der Waals surface area contributed by atoms with Crippen molar-refractivity contribution in [3.63, 3.8) is 0 Å². The van der Waals surface area contributed by atoms with Crippen molar-refractivity contribution in [1.29, 1.82) is 0 Å². The molecule has 1 saturated heterocycles. The average molecular weight is 470 g/mol. The van der Waals surface area contributed by atoms with Crippen molar-refractivity contribution in [2.45, 2.75) is 17.9 Å². The van der Waals surface area contributed by atoms with E-state index in [4.69, 9.17) is 4.74 Å². The van der Waals surface area contributed by atoms with Crippen molar-refractivity contribution < 1.29 is 22.3 Å². The van der Waals surface area contributed by atoms with Crippen LogP contribution in [0.4, 0.5) is 4.39 Å². The summed E-state index contributed by atoms with van der Waals surface area (Å²) in [4.78, 5) is 18.8. The fraction of sp³-hybridized carbons (Fsp3) is 0.250. The highest BCUT2D eigenvalue weighted by atomic mass is 32.2. The van der Waals surface area contributed by atoms with Gasteiger partial charge in [-0.15, -0.1) is 0 Å². The SMILES string of the molecule is O=C(c1cccc(OCc2cccnc2)c1)N1CCCN(S(=O)(=O)c2ccc(F)cc2)CC1. The Labute approximate surface area is 192 Å². The second kappa shape index (κ2) is 10.1. The number of carbonyl (C=O) groups is 1. The van der Waals surface area contributed by atoms with Crippen LogP contribution in [0, 0.1) is 5.82 Å². The van der Waals surface area contributed by atoms with Crippen LogP contribution in [0.1, 0.15) is 22.3 Å². The molecule has 2 heterocycles. The first-order valence-electron chi connectivity index (χ1n) is 10.6. The second-order valence-corrected chi connectivity index (χ2v) is 9.62. The van der Waals surface area contributed by atoms with Crippen LogP contribution in [0.15, 0.2) is 78.0 Å². The van der Waals surface area contributed by atoms with Crippen molar-refractivity contribution in [3.8, 4) is 5.75 Å². The Kier molecular flexibility index (Phi) is 7.00. The lowest BCUT2D eigenvalue weighted by atomic mass is 10.2. The summed E-state index contributed by atoms with van der Waals surface area (Å²) in [6, 6.07) is 15.5. The number of rotatable bonds is 6. The third-order valence-electron chi connectivity index (χ3n) is 5.40. The molecule has 1 aliphatic rings. The number of aromatic nitrogens is 1. The zero-order valence-electron chi connectivity index (χ0n) is 17.9. The van der Waals surface area contributed by atoms with Crippen LogP contribution in [0.25, 0.3) is 0 Å². The van der Waals surface area contributed by atoms with Crippen LogP contribution in [-0.4, -0.2) is 54.7 Å². The molecule has 0 bridgehead atoms. The molecule has 2 aromatic carbocycles. The van der Waals surface area contributed by atoms with Gasteiger partial charge in [0.25, 0.3) is 5.91 Å². The summed E-state index contributed by atoms with van der Waals surface area (Å²) >= 11 is 0. The molecule has 0 unspecified atom stereocenters. The van der Waals surface area contributed by atoms with E-state index in [0.29, 0.717) is 30.9 Å². The van der Waals surface area contributed by atoms with E-state index in [2.05, 4.69) is 4.98 Å². The fourth-order valence-electron chi connectivity index (χ4n) is 3.64. The first-order chi connectivity index (χ1) is 15.9. The Morgan fingerprint density at radius 1 is 1.00 bits per heavy atom. The van der Waals surface area contributed by atoms with Gasteiger partial charge in [-0.05, 0) is 55.0 Å². The molecule has 0 spiro atoms.